The van der Waals surface area contributed by atoms with Gasteiger partial charge in [-0.05, 0) is 30.7 Å². The van der Waals surface area contributed by atoms with E-state index in [1.165, 1.54) is 16.2 Å². The summed E-state index contributed by atoms with van der Waals surface area (Å²) in [5.41, 5.74) is 1.56. The second kappa shape index (κ2) is 8.10. The molecule has 1 atom stereocenters. The van der Waals surface area contributed by atoms with Crippen LogP contribution in [0.3, 0.4) is 0 Å². The minimum absolute atomic E-state index is 0.145. The summed E-state index contributed by atoms with van der Waals surface area (Å²) in [6, 6.07) is 2.18. The van der Waals surface area contributed by atoms with Gasteiger partial charge in [-0.2, -0.15) is 5.26 Å². The number of carbonyl (C=O) groups excluding carboxylic acids is 3. The third-order valence-corrected chi connectivity index (χ3v) is 6.47. The summed E-state index contributed by atoms with van der Waals surface area (Å²) < 4.78 is 4.95. The van der Waals surface area contributed by atoms with Crippen LogP contribution in [0.2, 0.25) is 0 Å². The minimum atomic E-state index is -0.615. The van der Waals surface area contributed by atoms with Crippen molar-refractivity contribution in [2.45, 2.75) is 26.2 Å². The maximum absolute atomic E-state index is 12.1. The summed E-state index contributed by atoms with van der Waals surface area (Å²) in [6.45, 7) is 2.11. The molecule has 0 bridgehead atoms. The number of hydrogen-bond donors (Lipinski definition) is 1. The van der Waals surface area contributed by atoms with E-state index < -0.39 is 18.5 Å². The Morgan fingerprint density at radius 3 is 2.96 bits per heavy atom. The van der Waals surface area contributed by atoms with Crippen LogP contribution in [0, 0.1) is 17.2 Å². The number of thioether (sulfide) groups is 1. The molecule has 1 aliphatic heterocycles. The molecule has 7 nitrogen and oxygen atoms in total. The lowest BCUT2D eigenvalue weighted by Crippen LogP contribution is -2.32. The van der Waals surface area contributed by atoms with Gasteiger partial charge in [0, 0.05) is 17.2 Å². The van der Waals surface area contributed by atoms with Crippen molar-refractivity contribution < 1.29 is 19.1 Å². The smallest absolute Gasteiger partial charge is 0.326 e. The van der Waals surface area contributed by atoms with Gasteiger partial charge in [0.25, 0.3) is 11.1 Å². The van der Waals surface area contributed by atoms with Crippen molar-refractivity contribution in [2.75, 3.05) is 30.8 Å². The van der Waals surface area contributed by atoms with Crippen molar-refractivity contribution in [1.29, 1.82) is 5.26 Å². The zero-order chi connectivity index (χ0) is 18.7. The van der Waals surface area contributed by atoms with Gasteiger partial charge in [0.05, 0.1) is 5.56 Å². The van der Waals surface area contributed by atoms with Gasteiger partial charge in [0.1, 0.15) is 17.6 Å². The first kappa shape index (κ1) is 18.7. The van der Waals surface area contributed by atoms with Gasteiger partial charge in [0.2, 0.25) is 0 Å². The lowest BCUT2D eigenvalue weighted by atomic mass is 9.89. The maximum atomic E-state index is 12.1. The Labute approximate surface area is 159 Å². The molecule has 138 valence electrons. The van der Waals surface area contributed by atoms with Gasteiger partial charge in [-0.1, -0.05) is 18.7 Å². The molecule has 0 saturated carbocycles. The Morgan fingerprint density at radius 2 is 2.27 bits per heavy atom. The lowest BCUT2D eigenvalue weighted by Gasteiger charge is -2.17. The average molecular weight is 393 g/mol. The standard InChI is InChI=1S/C17H19N3O4S2/c1-10-2-3-11-12(7-18)16(26-13(11)6-10)19-14(21)9-24-15(22)8-20-4-5-25-17(20)23/h10H,2-6,8-9H2,1H3,(H,19,21)/t10-/m1/s1. The number of carbonyl (C=O) groups is 3. The fraction of sp³-hybridized carbons (Fsp3) is 0.529. The highest BCUT2D eigenvalue weighted by molar-refractivity contribution is 8.13. The molecular weight excluding hydrogens is 374 g/mol. The Kier molecular flexibility index (Phi) is 5.84. The number of amides is 2. The Hall–Kier alpha value is -2.05. The normalized spacial score (nSPS) is 19.0. The Morgan fingerprint density at radius 1 is 1.46 bits per heavy atom. The minimum Gasteiger partial charge on any atom is -0.454 e. The molecule has 2 amide bonds. The zero-order valence-corrected chi connectivity index (χ0v) is 16.0. The monoisotopic (exact) mass is 393 g/mol. The number of hydrogen-bond acceptors (Lipinski definition) is 7. The first-order chi connectivity index (χ1) is 12.5. The predicted molar refractivity (Wildman–Crippen MR) is 99.2 cm³/mol. The highest BCUT2D eigenvalue weighted by Gasteiger charge is 2.26. The molecule has 1 aromatic heterocycles. The number of anilines is 1. The van der Waals surface area contributed by atoms with E-state index in [0.717, 1.165) is 41.5 Å². The van der Waals surface area contributed by atoms with E-state index in [1.807, 2.05) is 0 Å². The van der Waals surface area contributed by atoms with Crippen LogP contribution in [-0.2, 0) is 27.2 Å². The number of nitrogens with zero attached hydrogens (tertiary/aromatic N) is 2. The fourth-order valence-electron chi connectivity index (χ4n) is 3.04. The Balaban J connectivity index is 1.54. The van der Waals surface area contributed by atoms with Crippen LogP contribution in [0.25, 0.3) is 0 Å². The molecule has 0 unspecified atom stereocenters. The maximum Gasteiger partial charge on any atom is 0.326 e. The molecule has 0 radical (unpaired) electrons. The zero-order valence-electron chi connectivity index (χ0n) is 14.4. The molecule has 1 aromatic rings. The van der Waals surface area contributed by atoms with Gasteiger partial charge >= 0.3 is 5.97 Å². The van der Waals surface area contributed by atoms with E-state index in [1.54, 1.807) is 0 Å². The summed E-state index contributed by atoms with van der Waals surface area (Å²) in [5, 5.41) is 12.5. The molecule has 26 heavy (non-hydrogen) atoms. The van der Waals surface area contributed by atoms with Crippen molar-refractivity contribution in [3.05, 3.63) is 16.0 Å². The lowest BCUT2D eigenvalue weighted by molar-refractivity contribution is -0.147. The van der Waals surface area contributed by atoms with Crippen LogP contribution in [-0.4, -0.2) is 47.5 Å². The summed E-state index contributed by atoms with van der Waals surface area (Å²) in [4.78, 5) is 37.9. The van der Waals surface area contributed by atoms with Crippen LogP contribution in [0.4, 0.5) is 9.80 Å². The molecule has 2 aliphatic rings. The fourth-order valence-corrected chi connectivity index (χ4v) is 5.24. The number of nitrogens with one attached hydrogen (secondary N) is 1. The van der Waals surface area contributed by atoms with Crippen molar-refractivity contribution in [2.24, 2.45) is 5.92 Å². The van der Waals surface area contributed by atoms with Gasteiger partial charge < -0.3 is 15.0 Å². The van der Waals surface area contributed by atoms with Gasteiger partial charge in [-0.25, -0.2) is 0 Å². The molecule has 1 saturated heterocycles. The molecule has 1 N–H and O–H groups in total. The average Bonchev–Trinajstić information content (AvgIpc) is 3.15. The first-order valence-electron chi connectivity index (χ1n) is 8.39. The molecule has 1 aliphatic carbocycles. The number of fused-ring (bicyclic) bond motifs is 1. The molecule has 1 fully saturated rings. The number of esters is 1. The third kappa shape index (κ3) is 4.19. The second-order valence-corrected chi connectivity index (χ2v) is 8.56. The summed E-state index contributed by atoms with van der Waals surface area (Å²) in [7, 11) is 0. The molecule has 0 spiro atoms. The van der Waals surface area contributed by atoms with Crippen LogP contribution in [0.1, 0.15) is 29.3 Å². The summed E-state index contributed by atoms with van der Waals surface area (Å²) >= 11 is 2.59. The number of ether oxygens (including phenoxy) is 1. The van der Waals surface area contributed by atoms with Crippen LogP contribution >= 0.6 is 23.1 Å². The SMILES string of the molecule is C[C@@H]1CCc2c(sc(NC(=O)COC(=O)CN3CCSC3=O)c2C#N)C1. The first-order valence-corrected chi connectivity index (χ1v) is 10.2. The van der Waals surface area contributed by atoms with E-state index >= 15 is 0 Å². The molecular formula is C17H19N3O4S2. The van der Waals surface area contributed by atoms with Crippen LogP contribution < -0.4 is 5.32 Å². The second-order valence-electron chi connectivity index (χ2n) is 6.41. The topological polar surface area (TPSA) is 99.5 Å². The van der Waals surface area contributed by atoms with Gasteiger partial charge in [-0.3, -0.25) is 14.4 Å². The largest absolute Gasteiger partial charge is 0.454 e. The summed E-state index contributed by atoms with van der Waals surface area (Å²) in [5.74, 6) is 0.133. The van der Waals surface area contributed by atoms with Gasteiger partial charge in [-0.15, -0.1) is 11.3 Å². The molecule has 2 heterocycles. The molecule has 9 heteroatoms. The van der Waals surface area contributed by atoms with Crippen molar-refractivity contribution in [1.82, 2.24) is 4.90 Å². The molecule has 0 aromatic carbocycles. The highest BCUT2D eigenvalue weighted by atomic mass is 32.2. The number of rotatable bonds is 5. The number of thiophene rings is 1. The van der Waals surface area contributed by atoms with Crippen molar-refractivity contribution >= 4 is 45.2 Å². The quantitative estimate of drug-likeness (QED) is 0.771. The van der Waals surface area contributed by atoms with Crippen LogP contribution in [0.5, 0.6) is 0 Å². The number of nitriles is 1. The van der Waals surface area contributed by atoms with E-state index in [2.05, 4.69) is 18.3 Å². The predicted octanol–water partition coefficient (Wildman–Crippen LogP) is 2.40. The van der Waals surface area contributed by atoms with E-state index in [-0.39, 0.29) is 11.8 Å². The highest BCUT2D eigenvalue weighted by Crippen LogP contribution is 2.39. The van der Waals surface area contributed by atoms with Crippen molar-refractivity contribution in [3.8, 4) is 6.07 Å². The Bertz CT molecular complexity index is 784. The third-order valence-electron chi connectivity index (χ3n) is 4.41. The van der Waals surface area contributed by atoms with Gasteiger partial charge in [0.15, 0.2) is 6.61 Å². The van der Waals surface area contributed by atoms with E-state index in [9.17, 15) is 19.6 Å². The van der Waals surface area contributed by atoms with Crippen molar-refractivity contribution in [3.63, 3.8) is 0 Å². The van der Waals surface area contributed by atoms with E-state index in [4.69, 9.17) is 4.74 Å². The molecule has 3 rings (SSSR count). The van der Waals surface area contributed by atoms with Crippen LogP contribution in [0.15, 0.2) is 0 Å². The summed E-state index contributed by atoms with van der Waals surface area (Å²) in [6.07, 6.45) is 2.81. The van der Waals surface area contributed by atoms with E-state index in [0.29, 0.717) is 28.8 Å².